The Morgan fingerprint density at radius 1 is 1.48 bits per heavy atom. The minimum atomic E-state index is -1.02. The minimum absolute atomic E-state index is 0.0276. The molecule has 1 saturated carbocycles. The van der Waals surface area contributed by atoms with Crippen LogP contribution in [0.1, 0.15) is 26.7 Å². The van der Waals surface area contributed by atoms with Crippen molar-refractivity contribution in [3.8, 4) is 5.75 Å². The Bertz CT molecular complexity index is 532. The summed E-state index contributed by atoms with van der Waals surface area (Å²) in [5.74, 6) is -1.99. The van der Waals surface area contributed by atoms with Crippen LogP contribution in [0.5, 0.6) is 5.75 Å². The van der Waals surface area contributed by atoms with Gasteiger partial charge < -0.3 is 10.5 Å². The molecule has 1 aromatic carbocycles. The molecule has 1 aromatic rings. The number of carbonyl (C=O) groups excluding carboxylic acids is 1. The standard InChI is InChI=1S/C15H20F2N2O2/c1-9(2)19-15(14(18)20,10-3-4-10)8-21-13-6-5-11(16)7-12(13)17/h5-7,9-10,19H,3-4,8H2,1-2H3,(H2,18,20). The number of halogens is 2. The van der Waals surface area contributed by atoms with E-state index in [0.29, 0.717) is 0 Å². The van der Waals surface area contributed by atoms with Crippen molar-refractivity contribution in [3.63, 3.8) is 0 Å². The molecule has 6 heteroatoms. The van der Waals surface area contributed by atoms with E-state index in [4.69, 9.17) is 10.5 Å². The summed E-state index contributed by atoms with van der Waals surface area (Å²) in [6, 6.07) is 3.09. The van der Waals surface area contributed by atoms with Crippen LogP contribution < -0.4 is 15.8 Å². The van der Waals surface area contributed by atoms with E-state index in [0.717, 1.165) is 25.0 Å². The lowest BCUT2D eigenvalue weighted by Crippen LogP contribution is -2.62. The topological polar surface area (TPSA) is 64.3 Å². The Labute approximate surface area is 122 Å². The van der Waals surface area contributed by atoms with Crippen LogP contribution in [0, 0.1) is 17.6 Å². The monoisotopic (exact) mass is 298 g/mol. The fourth-order valence-electron chi connectivity index (χ4n) is 2.50. The zero-order valence-electron chi connectivity index (χ0n) is 12.2. The molecule has 21 heavy (non-hydrogen) atoms. The number of amides is 1. The summed E-state index contributed by atoms with van der Waals surface area (Å²) in [4.78, 5) is 11.9. The van der Waals surface area contributed by atoms with Crippen LogP contribution in [-0.4, -0.2) is 24.1 Å². The molecule has 1 unspecified atom stereocenters. The summed E-state index contributed by atoms with van der Waals surface area (Å²) in [6.07, 6.45) is 1.75. The number of benzene rings is 1. The first-order valence-electron chi connectivity index (χ1n) is 7.00. The molecule has 1 aliphatic carbocycles. The molecule has 0 bridgehead atoms. The minimum Gasteiger partial charge on any atom is -0.488 e. The van der Waals surface area contributed by atoms with Gasteiger partial charge in [-0.3, -0.25) is 10.1 Å². The smallest absolute Gasteiger partial charge is 0.241 e. The number of primary amides is 1. The predicted molar refractivity (Wildman–Crippen MR) is 74.8 cm³/mol. The molecule has 0 radical (unpaired) electrons. The second kappa shape index (κ2) is 5.97. The van der Waals surface area contributed by atoms with Gasteiger partial charge in [-0.05, 0) is 44.7 Å². The second-order valence-electron chi connectivity index (χ2n) is 5.77. The predicted octanol–water partition coefficient (Wildman–Crippen LogP) is 1.98. The SMILES string of the molecule is CC(C)NC(COc1ccc(F)cc1F)(C(N)=O)C1CC1. The van der Waals surface area contributed by atoms with Crippen LogP contribution in [0.3, 0.4) is 0 Å². The number of nitrogens with one attached hydrogen (secondary N) is 1. The summed E-state index contributed by atoms with van der Waals surface area (Å²) in [5.41, 5.74) is 4.53. The van der Waals surface area contributed by atoms with Crippen molar-refractivity contribution < 1.29 is 18.3 Å². The molecule has 0 heterocycles. The van der Waals surface area contributed by atoms with Crippen LogP contribution in [-0.2, 0) is 4.79 Å². The van der Waals surface area contributed by atoms with E-state index in [1.807, 2.05) is 13.8 Å². The molecule has 4 nitrogen and oxygen atoms in total. The van der Waals surface area contributed by atoms with Crippen molar-refractivity contribution in [3.05, 3.63) is 29.8 Å². The summed E-state index contributed by atoms with van der Waals surface area (Å²) in [6.45, 7) is 3.73. The third-order valence-corrected chi connectivity index (χ3v) is 3.61. The van der Waals surface area contributed by atoms with Gasteiger partial charge in [-0.2, -0.15) is 0 Å². The van der Waals surface area contributed by atoms with Gasteiger partial charge in [-0.1, -0.05) is 0 Å². The van der Waals surface area contributed by atoms with Crippen molar-refractivity contribution in [2.24, 2.45) is 11.7 Å². The fourth-order valence-corrected chi connectivity index (χ4v) is 2.50. The normalized spacial score (nSPS) is 17.6. The zero-order valence-corrected chi connectivity index (χ0v) is 12.2. The highest BCUT2D eigenvalue weighted by Crippen LogP contribution is 2.40. The van der Waals surface area contributed by atoms with E-state index in [9.17, 15) is 13.6 Å². The molecule has 0 aliphatic heterocycles. The summed E-state index contributed by atoms with van der Waals surface area (Å²) in [5, 5.41) is 3.16. The van der Waals surface area contributed by atoms with Gasteiger partial charge in [0.25, 0.3) is 0 Å². The molecule has 1 aliphatic rings. The quantitative estimate of drug-likeness (QED) is 0.809. The van der Waals surface area contributed by atoms with E-state index in [1.54, 1.807) is 0 Å². The average Bonchev–Trinajstić information content (AvgIpc) is 3.19. The van der Waals surface area contributed by atoms with Gasteiger partial charge in [0.2, 0.25) is 5.91 Å². The maximum atomic E-state index is 13.6. The summed E-state index contributed by atoms with van der Waals surface area (Å²) < 4.78 is 31.9. The lowest BCUT2D eigenvalue weighted by atomic mass is 9.92. The van der Waals surface area contributed by atoms with Crippen molar-refractivity contribution in [1.82, 2.24) is 5.32 Å². The molecule has 1 amide bonds. The molecule has 0 spiro atoms. The Morgan fingerprint density at radius 3 is 2.62 bits per heavy atom. The van der Waals surface area contributed by atoms with E-state index in [-0.39, 0.29) is 24.3 Å². The maximum Gasteiger partial charge on any atom is 0.241 e. The average molecular weight is 298 g/mol. The summed E-state index contributed by atoms with van der Waals surface area (Å²) in [7, 11) is 0. The molecule has 1 fully saturated rings. The van der Waals surface area contributed by atoms with Gasteiger partial charge in [0.15, 0.2) is 11.6 Å². The molecule has 0 aromatic heterocycles. The number of hydrogen-bond donors (Lipinski definition) is 2. The Morgan fingerprint density at radius 2 is 2.14 bits per heavy atom. The first-order valence-corrected chi connectivity index (χ1v) is 7.00. The van der Waals surface area contributed by atoms with Gasteiger partial charge in [-0.25, -0.2) is 8.78 Å². The van der Waals surface area contributed by atoms with Crippen LogP contribution in [0.25, 0.3) is 0 Å². The zero-order chi connectivity index (χ0) is 15.6. The van der Waals surface area contributed by atoms with Crippen LogP contribution in [0.15, 0.2) is 18.2 Å². The van der Waals surface area contributed by atoms with Gasteiger partial charge in [0.1, 0.15) is 18.0 Å². The van der Waals surface area contributed by atoms with E-state index in [1.165, 1.54) is 6.07 Å². The molecule has 2 rings (SSSR count). The first kappa shape index (κ1) is 15.7. The Kier molecular flexibility index (Phi) is 4.46. The maximum absolute atomic E-state index is 13.6. The largest absolute Gasteiger partial charge is 0.488 e. The highest BCUT2D eigenvalue weighted by Gasteiger charge is 2.51. The molecule has 3 N–H and O–H groups in total. The number of rotatable bonds is 7. The third-order valence-electron chi connectivity index (χ3n) is 3.61. The summed E-state index contributed by atoms with van der Waals surface area (Å²) >= 11 is 0. The van der Waals surface area contributed by atoms with Gasteiger partial charge in [0.05, 0.1) is 0 Å². The fraction of sp³-hybridized carbons (Fsp3) is 0.533. The van der Waals surface area contributed by atoms with Gasteiger partial charge in [0, 0.05) is 12.1 Å². The van der Waals surface area contributed by atoms with Crippen LogP contribution in [0.2, 0.25) is 0 Å². The van der Waals surface area contributed by atoms with Crippen molar-refractivity contribution >= 4 is 5.91 Å². The molecular weight excluding hydrogens is 278 g/mol. The van der Waals surface area contributed by atoms with Gasteiger partial charge >= 0.3 is 0 Å². The second-order valence-corrected chi connectivity index (χ2v) is 5.77. The van der Waals surface area contributed by atoms with Crippen molar-refractivity contribution in [2.75, 3.05) is 6.61 Å². The number of hydrogen-bond acceptors (Lipinski definition) is 3. The van der Waals surface area contributed by atoms with Crippen molar-refractivity contribution in [2.45, 2.75) is 38.3 Å². The van der Waals surface area contributed by atoms with E-state index < -0.39 is 23.1 Å². The Balaban J connectivity index is 2.17. The molecule has 116 valence electrons. The first-order chi connectivity index (χ1) is 9.85. The number of nitrogens with two attached hydrogens (primary N) is 1. The Hall–Kier alpha value is -1.69. The van der Waals surface area contributed by atoms with E-state index >= 15 is 0 Å². The number of carbonyl (C=O) groups is 1. The highest BCUT2D eigenvalue weighted by molar-refractivity contribution is 5.86. The molecule has 1 atom stereocenters. The number of ether oxygens (including phenoxy) is 1. The van der Waals surface area contributed by atoms with Crippen LogP contribution in [0.4, 0.5) is 8.78 Å². The lowest BCUT2D eigenvalue weighted by molar-refractivity contribution is -0.127. The van der Waals surface area contributed by atoms with Crippen molar-refractivity contribution in [1.29, 1.82) is 0 Å². The molecular formula is C15H20F2N2O2. The third kappa shape index (κ3) is 3.50. The van der Waals surface area contributed by atoms with Gasteiger partial charge in [-0.15, -0.1) is 0 Å². The lowest BCUT2D eigenvalue weighted by Gasteiger charge is -2.33. The molecule has 0 saturated heterocycles. The van der Waals surface area contributed by atoms with Crippen LogP contribution >= 0.6 is 0 Å². The van der Waals surface area contributed by atoms with E-state index in [2.05, 4.69) is 5.32 Å². The highest BCUT2D eigenvalue weighted by atomic mass is 19.1.